The molecular weight excluding hydrogens is 192 g/mol. The molecule has 2 aliphatic heterocycles. The van der Waals surface area contributed by atoms with Gasteiger partial charge in [-0.05, 0) is 0 Å². The minimum Gasteiger partial charge on any atom is -0.368 e. The number of nitrogens with two attached hydrogens (primary N) is 1. The van der Waals surface area contributed by atoms with Crippen molar-refractivity contribution in [3.05, 3.63) is 0 Å². The number of primary amides is 1. The molecule has 0 aromatic rings. The molecule has 2 heterocycles. The summed E-state index contributed by atoms with van der Waals surface area (Å²) in [6.07, 6.45) is -0.120. The number of carbonyl (C=O) groups is 1. The van der Waals surface area contributed by atoms with Crippen LogP contribution in [-0.4, -0.2) is 48.4 Å². The number of halogens is 2. The van der Waals surface area contributed by atoms with Crippen molar-refractivity contribution >= 4 is 5.91 Å². The number of piperazine rings is 1. The van der Waals surface area contributed by atoms with Crippen molar-refractivity contribution in [3.63, 3.8) is 0 Å². The lowest BCUT2D eigenvalue weighted by Crippen LogP contribution is -2.58. The van der Waals surface area contributed by atoms with Gasteiger partial charge in [-0.25, -0.2) is 8.78 Å². The molecule has 3 N–H and O–H groups in total. The van der Waals surface area contributed by atoms with Crippen molar-refractivity contribution < 1.29 is 13.6 Å². The highest BCUT2D eigenvalue weighted by Gasteiger charge is 2.47. The fourth-order valence-electron chi connectivity index (χ4n) is 2.15. The minimum atomic E-state index is -2.61. The molecular formula is C8H13F2N3O. The average Bonchev–Trinajstić information content (AvgIpc) is 2.36. The highest BCUT2D eigenvalue weighted by atomic mass is 19.3. The average molecular weight is 205 g/mol. The first-order valence-electron chi connectivity index (χ1n) is 4.62. The van der Waals surface area contributed by atoms with E-state index in [1.165, 1.54) is 0 Å². The van der Waals surface area contributed by atoms with Crippen molar-refractivity contribution in [2.45, 2.75) is 24.4 Å². The van der Waals surface area contributed by atoms with Crippen molar-refractivity contribution in [1.29, 1.82) is 0 Å². The van der Waals surface area contributed by atoms with Crippen LogP contribution in [0.25, 0.3) is 0 Å². The van der Waals surface area contributed by atoms with Gasteiger partial charge in [0.05, 0.1) is 12.6 Å². The van der Waals surface area contributed by atoms with Gasteiger partial charge in [-0.1, -0.05) is 0 Å². The van der Waals surface area contributed by atoms with Gasteiger partial charge in [-0.3, -0.25) is 9.69 Å². The summed E-state index contributed by atoms with van der Waals surface area (Å²) in [5.41, 5.74) is 5.10. The number of hydrogen-bond donors (Lipinski definition) is 2. The van der Waals surface area contributed by atoms with Gasteiger partial charge in [-0.2, -0.15) is 0 Å². The molecule has 14 heavy (non-hydrogen) atoms. The second kappa shape index (κ2) is 3.13. The summed E-state index contributed by atoms with van der Waals surface area (Å²) in [5, 5.41) is 2.88. The Morgan fingerprint density at radius 2 is 2.29 bits per heavy atom. The van der Waals surface area contributed by atoms with Gasteiger partial charge in [0.15, 0.2) is 0 Å². The Balaban J connectivity index is 2.01. The first-order chi connectivity index (χ1) is 6.48. The lowest BCUT2D eigenvalue weighted by molar-refractivity contribution is -0.121. The van der Waals surface area contributed by atoms with Crippen LogP contribution < -0.4 is 11.1 Å². The Morgan fingerprint density at radius 1 is 1.57 bits per heavy atom. The Morgan fingerprint density at radius 3 is 2.93 bits per heavy atom. The summed E-state index contributed by atoms with van der Waals surface area (Å²) in [6, 6.07) is -0.638. The first-order valence-corrected chi connectivity index (χ1v) is 4.62. The van der Waals surface area contributed by atoms with Crippen LogP contribution in [0.1, 0.15) is 6.42 Å². The van der Waals surface area contributed by atoms with E-state index in [1.54, 1.807) is 4.90 Å². The maximum atomic E-state index is 13.0. The molecule has 0 aromatic heterocycles. The SMILES string of the molecule is NC(=O)C1CN2CC(F)(F)CC2CN1. The largest absolute Gasteiger partial charge is 0.368 e. The van der Waals surface area contributed by atoms with E-state index in [9.17, 15) is 13.6 Å². The Hall–Kier alpha value is -0.750. The highest BCUT2D eigenvalue weighted by Crippen LogP contribution is 2.32. The summed E-state index contributed by atoms with van der Waals surface area (Å²) < 4.78 is 26.0. The van der Waals surface area contributed by atoms with Crippen molar-refractivity contribution in [2.24, 2.45) is 5.73 Å². The van der Waals surface area contributed by atoms with Crippen molar-refractivity contribution in [2.75, 3.05) is 19.6 Å². The van der Waals surface area contributed by atoms with E-state index in [4.69, 9.17) is 5.73 Å². The van der Waals surface area contributed by atoms with E-state index < -0.39 is 17.9 Å². The second-order valence-electron chi connectivity index (χ2n) is 4.01. The van der Waals surface area contributed by atoms with Gasteiger partial charge in [0.25, 0.3) is 5.92 Å². The lowest BCUT2D eigenvalue weighted by atomic mass is 10.1. The normalized spacial score (nSPS) is 36.7. The van der Waals surface area contributed by atoms with Gasteiger partial charge in [0, 0.05) is 25.6 Å². The van der Waals surface area contributed by atoms with Gasteiger partial charge in [-0.15, -0.1) is 0 Å². The predicted octanol–water partition coefficient (Wildman–Crippen LogP) is -0.847. The van der Waals surface area contributed by atoms with Crippen LogP contribution in [0.15, 0.2) is 0 Å². The van der Waals surface area contributed by atoms with E-state index >= 15 is 0 Å². The number of nitrogens with one attached hydrogen (secondary N) is 1. The van der Waals surface area contributed by atoms with Crippen LogP contribution in [0.4, 0.5) is 8.78 Å². The fraction of sp³-hybridized carbons (Fsp3) is 0.875. The molecule has 6 heteroatoms. The number of amides is 1. The quantitative estimate of drug-likeness (QED) is 0.586. The summed E-state index contributed by atoms with van der Waals surface area (Å²) in [4.78, 5) is 12.5. The zero-order valence-electron chi connectivity index (χ0n) is 7.67. The maximum absolute atomic E-state index is 13.0. The molecule has 0 radical (unpaired) electrons. The maximum Gasteiger partial charge on any atom is 0.262 e. The molecule has 2 fully saturated rings. The van der Waals surface area contributed by atoms with E-state index in [0.717, 1.165) is 0 Å². The van der Waals surface area contributed by atoms with E-state index in [0.29, 0.717) is 13.1 Å². The van der Waals surface area contributed by atoms with E-state index in [-0.39, 0.29) is 19.0 Å². The highest BCUT2D eigenvalue weighted by molar-refractivity contribution is 5.80. The Labute approximate surface area is 80.4 Å². The predicted molar refractivity (Wildman–Crippen MR) is 45.9 cm³/mol. The second-order valence-corrected chi connectivity index (χ2v) is 4.01. The van der Waals surface area contributed by atoms with E-state index in [1.807, 2.05) is 0 Å². The van der Waals surface area contributed by atoms with Crippen molar-refractivity contribution in [3.8, 4) is 0 Å². The molecule has 2 aliphatic rings. The number of carbonyl (C=O) groups excluding carboxylic acids is 1. The third-order valence-corrected chi connectivity index (χ3v) is 2.85. The monoisotopic (exact) mass is 205 g/mol. The molecule has 0 aliphatic carbocycles. The number of alkyl halides is 2. The van der Waals surface area contributed by atoms with Gasteiger partial charge in [0.2, 0.25) is 5.91 Å². The molecule has 2 rings (SSSR count). The number of rotatable bonds is 1. The summed E-state index contributed by atoms with van der Waals surface area (Å²) in [7, 11) is 0. The van der Waals surface area contributed by atoms with Crippen LogP contribution >= 0.6 is 0 Å². The molecule has 4 nitrogen and oxygen atoms in total. The van der Waals surface area contributed by atoms with Crippen LogP contribution in [0, 0.1) is 0 Å². The molecule has 0 bridgehead atoms. The Kier molecular flexibility index (Phi) is 2.19. The minimum absolute atomic E-state index is 0.120. The van der Waals surface area contributed by atoms with Gasteiger partial charge in [0.1, 0.15) is 0 Å². The summed E-state index contributed by atoms with van der Waals surface area (Å²) >= 11 is 0. The molecule has 1 amide bonds. The molecule has 0 aromatic carbocycles. The standard InChI is InChI=1S/C8H13F2N3O/c9-8(10)1-5-2-12-6(7(11)14)3-13(5)4-8/h5-6,12H,1-4H2,(H2,11,14). The third-order valence-electron chi connectivity index (χ3n) is 2.85. The zero-order valence-corrected chi connectivity index (χ0v) is 7.67. The molecule has 80 valence electrons. The van der Waals surface area contributed by atoms with Crippen LogP contribution in [0.2, 0.25) is 0 Å². The zero-order chi connectivity index (χ0) is 10.3. The van der Waals surface area contributed by atoms with Crippen LogP contribution in [-0.2, 0) is 4.79 Å². The molecule has 2 atom stereocenters. The summed E-state index contributed by atoms with van der Waals surface area (Å²) in [6.45, 7) is 0.474. The molecule has 0 saturated carbocycles. The van der Waals surface area contributed by atoms with Crippen LogP contribution in [0.5, 0.6) is 0 Å². The molecule has 2 saturated heterocycles. The Bertz CT molecular complexity index is 259. The lowest BCUT2D eigenvalue weighted by Gasteiger charge is -2.33. The molecule has 0 spiro atoms. The summed E-state index contributed by atoms with van der Waals surface area (Å²) in [5.74, 6) is -3.09. The first kappa shape index (κ1) is 9.79. The van der Waals surface area contributed by atoms with E-state index in [2.05, 4.69) is 5.32 Å². The van der Waals surface area contributed by atoms with Crippen LogP contribution in [0.3, 0.4) is 0 Å². The van der Waals surface area contributed by atoms with Crippen molar-refractivity contribution in [1.82, 2.24) is 10.2 Å². The fourth-order valence-corrected chi connectivity index (χ4v) is 2.15. The molecule has 2 unspecified atom stereocenters. The smallest absolute Gasteiger partial charge is 0.262 e. The third kappa shape index (κ3) is 1.72. The number of nitrogens with zero attached hydrogens (tertiary/aromatic N) is 1. The topological polar surface area (TPSA) is 58.4 Å². The van der Waals surface area contributed by atoms with Gasteiger partial charge < -0.3 is 11.1 Å². The number of hydrogen-bond acceptors (Lipinski definition) is 3. The number of fused-ring (bicyclic) bond motifs is 1. The van der Waals surface area contributed by atoms with Gasteiger partial charge >= 0.3 is 0 Å².